The third kappa shape index (κ3) is 2.47. The Morgan fingerprint density at radius 2 is 2.16 bits per heavy atom. The Hall–Kier alpha value is -2.21. The number of fused-ring (bicyclic) bond motifs is 4. The Balaban J connectivity index is 1.82. The summed E-state index contributed by atoms with van der Waals surface area (Å²) in [6, 6.07) is 11.4. The second kappa shape index (κ2) is 5.66. The number of ether oxygens (including phenoxy) is 2. The van der Waals surface area contributed by atoms with Crippen molar-refractivity contribution in [1.29, 1.82) is 0 Å². The van der Waals surface area contributed by atoms with Gasteiger partial charge in [0, 0.05) is 22.1 Å². The number of methoxy groups -OCH3 is 1. The van der Waals surface area contributed by atoms with Crippen LogP contribution in [0.4, 0.5) is 10.5 Å². The summed E-state index contributed by atoms with van der Waals surface area (Å²) >= 11 is 3.51. The third-order valence-corrected chi connectivity index (χ3v) is 5.77. The number of carbonyl (C=O) groups excluding carboxylic acids is 1. The lowest BCUT2D eigenvalue weighted by Crippen LogP contribution is -2.65. The molecule has 0 radical (unpaired) electrons. The monoisotopic (exact) mass is 402 g/mol. The van der Waals surface area contributed by atoms with Gasteiger partial charge in [-0.3, -0.25) is 4.90 Å². The van der Waals surface area contributed by atoms with Crippen LogP contribution in [0.3, 0.4) is 0 Å². The van der Waals surface area contributed by atoms with Crippen molar-refractivity contribution < 1.29 is 14.3 Å². The number of carbonyl (C=O) groups is 1. The molecule has 0 aromatic heterocycles. The Morgan fingerprint density at radius 3 is 2.88 bits per heavy atom. The van der Waals surface area contributed by atoms with Crippen LogP contribution < -0.4 is 19.7 Å². The molecular weight excluding hydrogens is 384 g/mol. The summed E-state index contributed by atoms with van der Waals surface area (Å²) in [5.41, 5.74) is 2.04. The van der Waals surface area contributed by atoms with E-state index in [9.17, 15) is 4.79 Å². The summed E-state index contributed by atoms with van der Waals surface area (Å²) in [5, 5.41) is 3.10. The molecule has 0 saturated carbocycles. The minimum absolute atomic E-state index is 0.0934. The number of hydrogen-bond acceptors (Lipinski definition) is 3. The van der Waals surface area contributed by atoms with Gasteiger partial charge in [-0.05, 0) is 43.7 Å². The van der Waals surface area contributed by atoms with E-state index in [0.29, 0.717) is 17.9 Å². The van der Waals surface area contributed by atoms with E-state index in [-0.39, 0.29) is 12.1 Å². The second-order valence-corrected chi connectivity index (χ2v) is 7.49. The fourth-order valence-electron chi connectivity index (χ4n) is 3.68. The molecule has 2 aromatic rings. The van der Waals surface area contributed by atoms with Crippen LogP contribution in [0.5, 0.6) is 11.5 Å². The number of anilines is 1. The van der Waals surface area contributed by atoms with Crippen molar-refractivity contribution >= 4 is 27.6 Å². The van der Waals surface area contributed by atoms with E-state index < -0.39 is 5.72 Å². The Kier molecular flexibility index (Phi) is 3.68. The van der Waals surface area contributed by atoms with Crippen LogP contribution in [-0.2, 0) is 0 Å². The van der Waals surface area contributed by atoms with Crippen molar-refractivity contribution in [3.05, 3.63) is 52.0 Å². The molecule has 1 N–H and O–H groups in total. The number of rotatable bonds is 2. The van der Waals surface area contributed by atoms with Gasteiger partial charge < -0.3 is 14.8 Å². The zero-order chi connectivity index (χ0) is 17.8. The maximum Gasteiger partial charge on any atom is 0.325 e. The van der Waals surface area contributed by atoms with Crippen LogP contribution in [-0.4, -0.2) is 18.9 Å². The van der Waals surface area contributed by atoms with Crippen LogP contribution in [0, 0.1) is 6.92 Å². The molecule has 4 rings (SSSR count). The number of benzene rings is 2. The number of halogens is 1. The van der Waals surface area contributed by atoms with Gasteiger partial charge in [0.1, 0.15) is 0 Å². The Bertz CT molecular complexity index is 870. The van der Waals surface area contributed by atoms with Gasteiger partial charge in [-0.2, -0.15) is 0 Å². The molecule has 25 heavy (non-hydrogen) atoms. The van der Waals surface area contributed by atoms with Crippen LogP contribution in [0.1, 0.15) is 30.5 Å². The summed E-state index contributed by atoms with van der Waals surface area (Å²) in [4.78, 5) is 14.6. The van der Waals surface area contributed by atoms with Gasteiger partial charge in [0.15, 0.2) is 17.2 Å². The molecule has 5 nitrogen and oxygen atoms in total. The van der Waals surface area contributed by atoms with E-state index >= 15 is 0 Å². The molecule has 1 fully saturated rings. The molecule has 2 aromatic carbocycles. The zero-order valence-electron chi connectivity index (χ0n) is 14.3. The van der Waals surface area contributed by atoms with Crippen LogP contribution >= 0.6 is 15.9 Å². The number of hydrogen-bond donors (Lipinski definition) is 1. The Labute approximate surface area is 155 Å². The van der Waals surface area contributed by atoms with Crippen molar-refractivity contribution in [2.75, 3.05) is 12.0 Å². The maximum atomic E-state index is 12.9. The molecule has 2 aliphatic rings. The van der Waals surface area contributed by atoms with Gasteiger partial charge in [-0.1, -0.05) is 28.1 Å². The summed E-state index contributed by atoms with van der Waals surface area (Å²) in [7, 11) is 1.63. The predicted molar refractivity (Wildman–Crippen MR) is 99.3 cm³/mol. The first-order chi connectivity index (χ1) is 11.9. The highest BCUT2D eigenvalue weighted by molar-refractivity contribution is 9.10. The van der Waals surface area contributed by atoms with Crippen LogP contribution in [0.2, 0.25) is 0 Å². The van der Waals surface area contributed by atoms with Gasteiger partial charge >= 0.3 is 6.03 Å². The van der Waals surface area contributed by atoms with E-state index in [1.165, 1.54) is 0 Å². The van der Waals surface area contributed by atoms with Crippen molar-refractivity contribution in [3.63, 3.8) is 0 Å². The lowest BCUT2D eigenvalue weighted by atomic mass is 9.90. The normalized spacial score (nSPS) is 24.2. The predicted octanol–water partition coefficient (Wildman–Crippen LogP) is 4.54. The zero-order valence-corrected chi connectivity index (χ0v) is 15.9. The lowest BCUT2D eigenvalue weighted by Gasteiger charge is -2.50. The van der Waals surface area contributed by atoms with E-state index in [1.54, 1.807) is 12.0 Å². The molecule has 130 valence electrons. The number of aryl methyl sites for hydroxylation is 1. The largest absolute Gasteiger partial charge is 0.493 e. The first kappa shape index (κ1) is 16.3. The average molecular weight is 403 g/mol. The molecule has 1 saturated heterocycles. The summed E-state index contributed by atoms with van der Waals surface area (Å²) in [6.45, 7) is 3.95. The molecule has 2 atom stereocenters. The van der Waals surface area contributed by atoms with Crippen LogP contribution in [0.15, 0.2) is 40.9 Å². The van der Waals surface area contributed by atoms with Gasteiger partial charge in [0.25, 0.3) is 0 Å². The molecule has 0 aliphatic carbocycles. The Morgan fingerprint density at radius 1 is 1.36 bits per heavy atom. The van der Waals surface area contributed by atoms with E-state index in [1.807, 2.05) is 50.2 Å². The molecule has 0 spiro atoms. The summed E-state index contributed by atoms with van der Waals surface area (Å²) < 4.78 is 12.8. The average Bonchev–Trinajstić information content (AvgIpc) is 2.57. The number of nitrogens with one attached hydrogen (secondary N) is 1. The highest BCUT2D eigenvalue weighted by Crippen LogP contribution is 2.49. The number of nitrogens with zero attached hydrogens (tertiary/aromatic N) is 1. The summed E-state index contributed by atoms with van der Waals surface area (Å²) in [6.07, 6.45) is 0.661. The minimum atomic E-state index is -0.783. The third-order valence-electron chi connectivity index (χ3n) is 4.88. The fourth-order valence-corrected chi connectivity index (χ4v) is 3.93. The highest BCUT2D eigenvalue weighted by atomic mass is 79.9. The van der Waals surface area contributed by atoms with Crippen molar-refractivity contribution in [2.45, 2.75) is 32.0 Å². The van der Waals surface area contributed by atoms with E-state index in [0.717, 1.165) is 21.3 Å². The highest BCUT2D eigenvalue weighted by Gasteiger charge is 2.50. The molecule has 0 unspecified atom stereocenters. The first-order valence-corrected chi connectivity index (χ1v) is 8.95. The van der Waals surface area contributed by atoms with Crippen molar-refractivity contribution in [2.24, 2.45) is 0 Å². The minimum Gasteiger partial charge on any atom is -0.493 e. The first-order valence-electron chi connectivity index (χ1n) is 8.16. The van der Waals surface area contributed by atoms with Gasteiger partial charge in [-0.25, -0.2) is 4.79 Å². The maximum absolute atomic E-state index is 12.9. The SMILES string of the molecule is COc1cccc2c1O[C@]1(C)C[C@@H]2NC(=O)N1c1ccc(Br)c(C)c1. The standard InChI is InChI=1S/C19H19BrN2O3/c1-11-9-12(7-8-14(11)20)22-18(23)21-15-10-19(22,2)25-17-13(15)5-4-6-16(17)24-3/h4-9,15H,10H2,1-3H3,(H,21,23)/t15-,19+/m0/s1. The van der Waals surface area contributed by atoms with Gasteiger partial charge in [-0.15, -0.1) is 0 Å². The van der Waals surface area contributed by atoms with Gasteiger partial charge in [0.2, 0.25) is 0 Å². The van der Waals surface area contributed by atoms with Gasteiger partial charge in [0.05, 0.1) is 13.2 Å². The summed E-state index contributed by atoms with van der Waals surface area (Å²) in [5.74, 6) is 1.37. The topological polar surface area (TPSA) is 50.8 Å². The van der Waals surface area contributed by atoms with E-state index in [4.69, 9.17) is 9.47 Å². The number of amides is 2. The molecule has 6 heteroatoms. The van der Waals surface area contributed by atoms with E-state index in [2.05, 4.69) is 21.2 Å². The smallest absolute Gasteiger partial charge is 0.325 e. The molecular formula is C19H19BrN2O3. The molecule has 2 amide bonds. The molecule has 2 aliphatic heterocycles. The molecule has 2 bridgehead atoms. The number of urea groups is 1. The fraction of sp³-hybridized carbons (Fsp3) is 0.316. The number of para-hydroxylation sites is 1. The quantitative estimate of drug-likeness (QED) is 0.802. The van der Waals surface area contributed by atoms with Crippen molar-refractivity contribution in [1.82, 2.24) is 5.32 Å². The van der Waals surface area contributed by atoms with Crippen molar-refractivity contribution in [3.8, 4) is 11.5 Å². The lowest BCUT2D eigenvalue weighted by molar-refractivity contribution is 0.0349. The van der Waals surface area contributed by atoms with Crippen LogP contribution in [0.25, 0.3) is 0 Å². The molecule has 2 heterocycles. The second-order valence-electron chi connectivity index (χ2n) is 6.63.